The molecular weight excluding hydrogens is 250 g/mol. The smallest absolute Gasteiger partial charge is 0.239 e. The van der Waals surface area contributed by atoms with Crippen LogP contribution in [0, 0.1) is 5.92 Å². The molecule has 0 bridgehead atoms. The van der Waals surface area contributed by atoms with E-state index in [1.54, 1.807) is 0 Å². The summed E-state index contributed by atoms with van der Waals surface area (Å²) in [4.78, 5) is 16.1. The molecule has 1 fully saturated rings. The molecule has 2 N–H and O–H groups in total. The molecular formula is C13H28ClN3O. The standard InChI is InChI=1S/C13H27N3O.ClH/c1-4-5-12(14)13(17)16(3)10-11-6-8-15(2)9-7-11;/h11-12H,4-10,14H2,1-3H3;1H. The number of hydrogen-bond donors (Lipinski definition) is 1. The number of likely N-dealkylation sites (tertiary alicyclic amines) is 1. The first-order valence-corrected chi connectivity index (χ1v) is 6.73. The molecule has 0 spiro atoms. The van der Waals surface area contributed by atoms with E-state index in [0.29, 0.717) is 5.92 Å². The molecule has 0 aliphatic carbocycles. The topological polar surface area (TPSA) is 49.6 Å². The summed E-state index contributed by atoms with van der Waals surface area (Å²) in [6, 6.07) is -0.309. The fourth-order valence-corrected chi connectivity index (χ4v) is 2.44. The molecule has 1 saturated heterocycles. The zero-order chi connectivity index (χ0) is 12.8. The van der Waals surface area contributed by atoms with E-state index in [1.165, 1.54) is 12.8 Å². The molecule has 0 aromatic carbocycles. The lowest BCUT2D eigenvalue weighted by atomic mass is 9.96. The van der Waals surface area contributed by atoms with E-state index < -0.39 is 0 Å². The summed E-state index contributed by atoms with van der Waals surface area (Å²) in [6.07, 6.45) is 4.14. The van der Waals surface area contributed by atoms with Gasteiger partial charge in [-0.2, -0.15) is 0 Å². The maximum absolute atomic E-state index is 12.0. The third-order valence-corrected chi connectivity index (χ3v) is 3.66. The van der Waals surface area contributed by atoms with E-state index in [4.69, 9.17) is 5.73 Å². The number of rotatable bonds is 5. The maximum Gasteiger partial charge on any atom is 0.239 e. The molecule has 5 heteroatoms. The second-order valence-corrected chi connectivity index (χ2v) is 5.36. The van der Waals surface area contributed by atoms with E-state index in [1.807, 2.05) is 11.9 Å². The summed E-state index contributed by atoms with van der Waals surface area (Å²) in [5, 5.41) is 0. The Labute approximate surface area is 117 Å². The van der Waals surface area contributed by atoms with Gasteiger partial charge in [0.15, 0.2) is 0 Å². The van der Waals surface area contributed by atoms with Crippen molar-refractivity contribution in [3.05, 3.63) is 0 Å². The van der Waals surface area contributed by atoms with Gasteiger partial charge in [-0.05, 0) is 45.3 Å². The van der Waals surface area contributed by atoms with Gasteiger partial charge in [0.05, 0.1) is 6.04 Å². The maximum atomic E-state index is 12.0. The first-order chi connectivity index (χ1) is 8.04. The van der Waals surface area contributed by atoms with Crippen molar-refractivity contribution in [3.8, 4) is 0 Å². The number of piperidine rings is 1. The Balaban J connectivity index is 0.00000289. The number of nitrogens with two attached hydrogens (primary N) is 1. The van der Waals surface area contributed by atoms with Crippen molar-refractivity contribution in [1.29, 1.82) is 0 Å². The minimum absolute atomic E-state index is 0. The van der Waals surface area contributed by atoms with Crippen LogP contribution in [0.25, 0.3) is 0 Å². The molecule has 1 rings (SSSR count). The van der Waals surface area contributed by atoms with E-state index in [0.717, 1.165) is 32.5 Å². The number of carbonyl (C=O) groups excluding carboxylic acids is 1. The van der Waals surface area contributed by atoms with Crippen LogP contribution in [0.2, 0.25) is 0 Å². The van der Waals surface area contributed by atoms with Crippen LogP contribution in [0.15, 0.2) is 0 Å². The second kappa shape index (κ2) is 8.73. The van der Waals surface area contributed by atoms with Crippen LogP contribution in [0.5, 0.6) is 0 Å². The minimum Gasteiger partial charge on any atom is -0.344 e. The van der Waals surface area contributed by atoms with Crippen LogP contribution in [0.3, 0.4) is 0 Å². The number of amides is 1. The lowest BCUT2D eigenvalue weighted by Crippen LogP contribution is -2.45. The van der Waals surface area contributed by atoms with Gasteiger partial charge in [0.2, 0.25) is 5.91 Å². The summed E-state index contributed by atoms with van der Waals surface area (Å²) in [5.74, 6) is 0.750. The van der Waals surface area contributed by atoms with Gasteiger partial charge >= 0.3 is 0 Å². The Hall–Kier alpha value is -0.320. The van der Waals surface area contributed by atoms with Gasteiger partial charge in [-0.25, -0.2) is 0 Å². The number of hydrogen-bond acceptors (Lipinski definition) is 3. The summed E-state index contributed by atoms with van der Waals surface area (Å²) < 4.78 is 0. The van der Waals surface area contributed by atoms with Gasteiger partial charge < -0.3 is 15.5 Å². The first-order valence-electron chi connectivity index (χ1n) is 6.73. The summed E-state index contributed by atoms with van der Waals surface area (Å²) in [7, 11) is 4.04. The predicted octanol–water partition coefficient (Wildman–Crippen LogP) is 1.34. The first kappa shape index (κ1) is 17.7. The van der Waals surface area contributed by atoms with Gasteiger partial charge in [0.25, 0.3) is 0 Å². The predicted molar refractivity (Wildman–Crippen MR) is 78.0 cm³/mol. The Kier molecular flexibility index (Phi) is 8.57. The molecule has 0 saturated carbocycles. The van der Waals surface area contributed by atoms with Crippen LogP contribution in [-0.2, 0) is 4.79 Å². The fourth-order valence-electron chi connectivity index (χ4n) is 2.44. The quantitative estimate of drug-likeness (QED) is 0.825. The lowest BCUT2D eigenvalue weighted by Gasteiger charge is -2.32. The molecule has 1 aliphatic rings. The number of nitrogens with zero attached hydrogens (tertiary/aromatic N) is 2. The fraction of sp³-hybridized carbons (Fsp3) is 0.923. The highest BCUT2D eigenvalue weighted by atomic mass is 35.5. The number of carbonyl (C=O) groups is 1. The van der Waals surface area contributed by atoms with Gasteiger partial charge in [0.1, 0.15) is 0 Å². The van der Waals surface area contributed by atoms with Crippen LogP contribution in [0.1, 0.15) is 32.6 Å². The summed E-state index contributed by atoms with van der Waals surface area (Å²) in [6.45, 7) is 5.22. The Morgan fingerprint density at radius 2 is 2.00 bits per heavy atom. The zero-order valence-corrected chi connectivity index (χ0v) is 12.7. The Bertz CT molecular complexity index is 242. The van der Waals surface area contributed by atoms with Crippen LogP contribution < -0.4 is 5.73 Å². The van der Waals surface area contributed by atoms with Crippen molar-refractivity contribution in [2.45, 2.75) is 38.6 Å². The normalized spacial score (nSPS) is 19.1. The average molecular weight is 278 g/mol. The summed E-state index contributed by atoms with van der Waals surface area (Å²) in [5.41, 5.74) is 5.86. The van der Waals surface area contributed by atoms with Crippen molar-refractivity contribution >= 4 is 18.3 Å². The zero-order valence-electron chi connectivity index (χ0n) is 11.9. The molecule has 1 unspecified atom stereocenters. The SMILES string of the molecule is CCCC(N)C(=O)N(C)CC1CCN(C)CC1.Cl. The van der Waals surface area contributed by atoms with Crippen molar-refractivity contribution < 1.29 is 4.79 Å². The molecule has 0 aromatic rings. The van der Waals surface area contributed by atoms with Gasteiger partial charge in [-0.3, -0.25) is 4.79 Å². The Morgan fingerprint density at radius 3 is 2.50 bits per heavy atom. The van der Waals surface area contributed by atoms with Crippen LogP contribution >= 0.6 is 12.4 Å². The van der Waals surface area contributed by atoms with E-state index in [9.17, 15) is 4.79 Å². The third-order valence-electron chi connectivity index (χ3n) is 3.66. The highest BCUT2D eigenvalue weighted by Gasteiger charge is 2.22. The highest BCUT2D eigenvalue weighted by molar-refractivity contribution is 5.85. The molecule has 108 valence electrons. The van der Waals surface area contributed by atoms with Crippen molar-refractivity contribution in [2.75, 3.05) is 33.7 Å². The van der Waals surface area contributed by atoms with Crippen LogP contribution in [0.4, 0.5) is 0 Å². The van der Waals surface area contributed by atoms with Crippen molar-refractivity contribution in [2.24, 2.45) is 11.7 Å². The molecule has 0 radical (unpaired) electrons. The average Bonchev–Trinajstić information content (AvgIpc) is 2.31. The van der Waals surface area contributed by atoms with Crippen LogP contribution in [-0.4, -0.2) is 55.5 Å². The van der Waals surface area contributed by atoms with E-state index >= 15 is 0 Å². The molecule has 1 heterocycles. The molecule has 0 aromatic heterocycles. The van der Waals surface area contributed by atoms with Gasteiger partial charge in [-0.15, -0.1) is 12.4 Å². The molecule has 1 aliphatic heterocycles. The minimum atomic E-state index is -0.309. The van der Waals surface area contributed by atoms with Gasteiger partial charge in [-0.1, -0.05) is 13.3 Å². The molecule has 18 heavy (non-hydrogen) atoms. The van der Waals surface area contributed by atoms with E-state index in [-0.39, 0.29) is 24.4 Å². The second-order valence-electron chi connectivity index (χ2n) is 5.36. The lowest BCUT2D eigenvalue weighted by molar-refractivity contribution is -0.132. The van der Waals surface area contributed by atoms with Crippen molar-refractivity contribution in [1.82, 2.24) is 9.80 Å². The monoisotopic (exact) mass is 277 g/mol. The highest BCUT2D eigenvalue weighted by Crippen LogP contribution is 2.17. The van der Waals surface area contributed by atoms with E-state index in [2.05, 4.69) is 18.9 Å². The largest absolute Gasteiger partial charge is 0.344 e. The third kappa shape index (κ3) is 5.55. The molecule has 1 amide bonds. The summed E-state index contributed by atoms with van der Waals surface area (Å²) >= 11 is 0. The molecule has 4 nitrogen and oxygen atoms in total. The Morgan fingerprint density at radius 1 is 1.44 bits per heavy atom. The number of halogens is 1. The molecule has 1 atom stereocenters. The van der Waals surface area contributed by atoms with Crippen molar-refractivity contribution in [3.63, 3.8) is 0 Å². The van der Waals surface area contributed by atoms with Gasteiger partial charge in [0, 0.05) is 13.6 Å². The number of likely N-dealkylation sites (N-methyl/N-ethyl adjacent to an activating group) is 1.